The van der Waals surface area contributed by atoms with E-state index >= 15 is 0 Å². The summed E-state index contributed by atoms with van der Waals surface area (Å²) in [5, 5.41) is -0.375. The lowest BCUT2D eigenvalue weighted by Crippen LogP contribution is -2.31. The molecule has 3 nitrogen and oxygen atoms in total. The number of hydrogen-bond donors (Lipinski definition) is 0. The first-order valence-corrected chi connectivity index (χ1v) is 9.99. The van der Waals surface area contributed by atoms with Gasteiger partial charge in [0.05, 0.1) is 22.9 Å². The van der Waals surface area contributed by atoms with Gasteiger partial charge < -0.3 is 4.74 Å². The lowest BCUT2D eigenvalue weighted by atomic mass is 10.0. The molecular formula is C14H18Br2O3S. The second-order valence-corrected chi connectivity index (χ2v) is 9.33. The lowest BCUT2D eigenvalue weighted by Gasteiger charge is -2.28. The topological polar surface area (TPSA) is 43.4 Å². The summed E-state index contributed by atoms with van der Waals surface area (Å²) in [6.45, 7) is 1.98. The van der Waals surface area contributed by atoms with Crippen molar-refractivity contribution in [3.63, 3.8) is 0 Å². The molecular weight excluding hydrogens is 408 g/mol. The minimum atomic E-state index is -3.04. The van der Waals surface area contributed by atoms with Crippen molar-refractivity contribution in [2.75, 3.05) is 12.9 Å². The largest absolute Gasteiger partial charge is 0.496 e. The molecule has 1 fully saturated rings. The molecule has 112 valence electrons. The molecule has 0 radical (unpaired) electrons. The quantitative estimate of drug-likeness (QED) is 0.682. The molecule has 2 atom stereocenters. The first kappa shape index (κ1) is 16.3. The van der Waals surface area contributed by atoms with Crippen LogP contribution >= 0.6 is 31.9 Å². The van der Waals surface area contributed by atoms with Crippen LogP contribution < -0.4 is 4.74 Å². The van der Waals surface area contributed by atoms with Gasteiger partial charge in [0.2, 0.25) is 0 Å². The fraction of sp³-hybridized carbons (Fsp3) is 0.571. The summed E-state index contributed by atoms with van der Waals surface area (Å²) in [6, 6.07) is 3.89. The van der Waals surface area contributed by atoms with E-state index in [9.17, 15) is 8.42 Å². The average Bonchev–Trinajstić information content (AvgIpc) is 2.40. The van der Waals surface area contributed by atoms with Crippen LogP contribution in [0.1, 0.15) is 35.2 Å². The Morgan fingerprint density at radius 3 is 2.65 bits per heavy atom. The van der Waals surface area contributed by atoms with Crippen LogP contribution in [0.15, 0.2) is 16.6 Å². The Morgan fingerprint density at radius 2 is 2.05 bits per heavy atom. The third-order valence-corrected chi connectivity index (χ3v) is 8.39. The summed E-state index contributed by atoms with van der Waals surface area (Å²) in [5.41, 5.74) is 1.96. The van der Waals surface area contributed by atoms with Gasteiger partial charge in [-0.25, -0.2) is 8.42 Å². The number of hydrogen-bond acceptors (Lipinski definition) is 3. The number of methoxy groups -OCH3 is 1. The molecule has 2 unspecified atom stereocenters. The van der Waals surface area contributed by atoms with E-state index in [-0.39, 0.29) is 15.8 Å². The van der Waals surface area contributed by atoms with Gasteiger partial charge in [0.25, 0.3) is 0 Å². The molecule has 0 aliphatic carbocycles. The Hall–Kier alpha value is -0.0700. The van der Waals surface area contributed by atoms with Crippen molar-refractivity contribution in [1.82, 2.24) is 0 Å². The van der Waals surface area contributed by atoms with Crippen molar-refractivity contribution >= 4 is 41.7 Å². The molecule has 1 aromatic rings. The van der Waals surface area contributed by atoms with Crippen LogP contribution in [0.4, 0.5) is 0 Å². The van der Waals surface area contributed by atoms with Crippen molar-refractivity contribution < 1.29 is 13.2 Å². The van der Waals surface area contributed by atoms with Gasteiger partial charge in [-0.05, 0) is 37.5 Å². The molecule has 0 saturated carbocycles. The first-order chi connectivity index (χ1) is 9.36. The van der Waals surface area contributed by atoms with Gasteiger partial charge in [-0.3, -0.25) is 0 Å². The van der Waals surface area contributed by atoms with Crippen molar-refractivity contribution in [2.45, 2.75) is 36.3 Å². The van der Waals surface area contributed by atoms with E-state index in [2.05, 4.69) is 31.9 Å². The van der Waals surface area contributed by atoms with Crippen molar-refractivity contribution in [2.24, 2.45) is 0 Å². The van der Waals surface area contributed by atoms with Crippen LogP contribution in [0.3, 0.4) is 0 Å². The third kappa shape index (κ3) is 3.22. The Labute approximate surface area is 137 Å². The van der Waals surface area contributed by atoms with E-state index in [1.807, 2.05) is 19.1 Å². The van der Waals surface area contributed by atoms with Gasteiger partial charge >= 0.3 is 0 Å². The predicted octanol–water partition coefficient (Wildman–Crippen LogP) is 4.17. The highest BCUT2D eigenvalue weighted by Crippen LogP contribution is 2.42. The molecule has 1 aromatic carbocycles. The van der Waals surface area contributed by atoms with Crippen LogP contribution in [-0.4, -0.2) is 26.5 Å². The Kier molecular flexibility index (Phi) is 5.19. The highest BCUT2D eigenvalue weighted by Gasteiger charge is 2.36. The summed E-state index contributed by atoms with van der Waals surface area (Å²) >= 11 is 7.10. The minimum absolute atomic E-state index is 0.236. The number of aryl methyl sites for hydroxylation is 1. The van der Waals surface area contributed by atoms with E-state index < -0.39 is 9.84 Å². The van der Waals surface area contributed by atoms with Crippen LogP contribution in [0.25, 0.3) is 0 Å². The van der Waals surface area contributed by atoms with Gasteiger partial charge in [-0.15, -0.1) is 0 Å². The second kappa shape index (κ2) is 6.36. The monoisotopic (exact) mass is 424 g/mol. The van der Waals surface area contributed by atoms with Crippen LogP contribution in [0, 0.1) is 6.92 Å². The normalized spacial score (nSPS) is 23.3. The highest BCUT2D eigenvalue weighted by atomic mass is 79.9. The van der Waals surface area contributed by atoms with E-state index in [1.54, 1.807) is 7.11 Å². The number of sulfone groups is 1. The van der Waals surface area contributed by atoms with Crippen molar-refractivity contribution in [3.8, 4) is 5.75 Å². The molecule has 2 rings (SSSR count). The van der Waals surface area contributed by atoms with Crippen LogP contribution in [0.2, 0.25) is 0 Å². The summed E-state index contributed by atoms with van der Waals surface area (Å²) in [6.07, 6.45) is 2.43. The highest BCUT2D eigenvalue weighted by molar-refractivity contribution is 9.10. The smallest absolute Gasteiger partial charge is 0.154 e. The molecule has 1 aliphatic heterocycles. The third-order valence-electron chi connectivity index (χ3n) is 3.76. The molecule has 1 aliphatic rings. The van der Waals surface area contributed by atoms with Gasteiger partial charge in [0.15, 0.2) is 9.84 Å². The summed E-state index contributed by atoms with van der Waals surface area (Å²) < 4.78 is 30.9. The van der Waals surface area contributed by atoms with Gasteiger partial charge in [-0.1, -0.05) is 38.3 Å². The zero-order chi connectivity index (χ0) is 14.9. The first-order valence-electron chi connectivity index (χ1n) is 6.56. The maximum Gasteiger partial charge on any atom is 0.154 e. The molecule has 1 saturated heterocycles. The zero-order valence-corrected chi connectivity index (χ0v) is 15.5. The Morgan fingerprint density at radius 1 is 1.35 bits per heavy atom. The van der Waals surface area contributed by atoms with E-state index in [0.29, 0.717) is 6.42 Å². The van der Waals surface area contributed by atoms with E-state index in [4.69, 9.17) is 4.74 Å². The summed E-state index contributed by atoms with van der Waals surface area (Å²) in [5.74, 6) is 1.02. The second-order valence-electron chi connectivity index (χ2n) is 5.15. The number of halogens is 2. The molecule has 0 spiro atoms. The molecule has 6 heteroatoms. The summed E-state index contributed by atoms with van der Waals surface area (Å²) in [4.78, 5) is -0.236. The molecule has 0 bridgehead atoms. The average molecular weight is 426 g/mol. The maximum atomic E-state index is 12.3. The molecule has 0 aromatic heterocycles. The fourth-order valence-electron chi connectivity index (χ4n) is 2.57. The number of ether oxygens (including phenoxy) is 1. The SMILES string of the molecule is COc1cc(C)c(Br)cc1C(Br)C1CCCCS1(=O)=O. The van der Waals surface area contributed by atoms with E-state index in [1.165, 1.54) is 0 Å². The number of benzene rings is 1. The standard InChI is InChI=1S/C14H18Br2O3S/c1-9-7-12(19-2)10(8-11(9)15)14(16)13-5-3-4-6-20(13,17)18/h7-8,13-14H,3-6H2,1-2H3. The van der Waals surface area contributed by atoms with Crippen molar-refractivity contribution in [3.05, 3.63) is 27.7 Å². The Bertz CT molecular complexity index is 599. The minimum Gasteiger partial charge on any atom is -0.496 e. The Balaban J connectivity index is 2.42. The maximum absolute atomic E-state index is 12.3. The van der Waals surface area contributed by atoms with Crippen LogP contribution in [0.5, 0.6) is 5.75 Å². The van der Waals surface area contributed by atoms with Gasteiger partial charge in [-0.2, -0.15) is 0 Å². The summed E-state index contributed by atoms with van der Waals surface area (Å²) in [7, 11) is -1.42. The van der Waals surface area contributed by atoms with E-state index in [0.717, 1.165) is 34.2 Å². The van der Waals surface area contributed by atoms with Crippen LogP contribution in [-0.2, 0) is 9.84 Å². The van der Waals surface area contributed by atoms with Crippen molar-refractivity contribution in [1.29, 1.82) is 0 Å². The van der Waals surface area contributed by atoms with Gasteiger partial charge in [0, 0.05) is 10.0 Å². The number of alkyl halides is 1. The zero-order valence-electron chi connectivity index (χ0n) is 11.5. The molecule has 1 heterocycles. The van der Waals surface area contributed by atoms with Gasteiger partial charge in [0.1, 0.15) is 5.75 Å². The molecule has 0 amide bonds. The lowest BCUT2D eigenvalue weighted by molar-refractivity contribution is 0.407. The number of rotatable bonds is 3. The molecule has 0 N–H and O–H groups in total. The molecule has 20 heavy (non-hydrogen) atoms. The predicted molar refractivity (Wildman–Crippen MR) is 88.5 cm³/mol. The fourth-order valence-corrected chi connectivity index (χ4v) is 6.49.